The summed E-state index contributed by atoms with van der Waals surface area (Å²) in [6, 6.07) is 7.90. The first-order valence-electron chi connectivity index (χ1n) is 6.53. The Morgan fingerprint density at radius 1 is 1.30 bits per heavy atom. The van der Waals surface area contributed by atoms with Crippen LogP contribution in [0.1, 0.15) is 46.9 Å². The molecule has 0 radical (unpaired) electrons. The predicted molar refractivity (Wildman–Crippen MR) is 81.2 cm³/mol. The minimum Gasteiger partial charge on any atom is -0.478 e. The number of benzene rings is 1. The van der Waals surface area contributed by atoms with Gasteiger partial charge in [-0.25, -0.2) is 4.79 Å². The van der Waals surface area contributed by atoms with Crippen LogP contribution in [0.4, 0.5) is 0 Å². The Balaban J connectivity index is 2.23. The number of aromatic carboxylic acids is 1. The summed E-state index contributed by atoms with van der Waals surface area (Å²) in [4.78, 5) is 16.1. The molecule has 0 fully saturated rings. The molecule has 0 saturated carbocycles. The van der Waals surface area contributed by atoms with Gasteiger partial charge < -0.3 is 5.11 Å². The normalized spacial score (nSPS) is 12.4. The molecule has 0 bridgehead atoms. The lowest BCUT2D eigenvalue weighted by Crippen LogP contribution is -2.08. The molecule has 0 spiro atoms. The molecule has 0 unspecified atom stereocenters. The molecule has 20 heavy (non-hydrogen) atoms. The van der Waals surface area contributed by atoms with E-state index in [4.69, 9.17) is 0 Å². The van der Waals surface area contributed by atoms with Crippen molar-refractivity contribution in [3.8, 4) is 11.3 Å². The van der Waals surface area contributed by atoms with Gasteiger partial charge in [0.1, 0.15) is 0 Å². The number of hydrogen-bond donors (Lipinski definition) is 1. The van der Waals surface area contributed by atoms with Crippen LogP contribution in [0.3, 0.4) is 0 Å². The molecule has 0 saturated heterocycles. The van der Waals surface area contributed by atoms with E-state index in [0.717, 1.165) is 27.7 Å². The van der Waals surface area contributed by atoms with Gasteiger partial charge in [-0.15, -0.1) is 0 Å². The summed E-state index contributed by atoms with van der Waals surface area (Å²) >= 11 is 3.47. The highest BCUT2D eigenvalue weighted by Crippen LogP contribution is 2.38. The lowest BCUT2D eigenvalue weighted by Gasteiger charge is -2.11. The first kappa shape index (κ1) is 13.3. The first-order valence-corrected chi connectivity index (χ1v) is 7.32. The molecule has 1 aromatic heterocycles. The Hall–Kier alpha value is -1.68. The molecule has 1 aliphatic rings. The Morgan fingerprint density at radius 3 is 2.70 bits per heavy atom. The first-order chi connectivity index (χ1) is 9.47. The summed E-state index contributed by atoms with van der Waals surface area (Å²) in [5, 5.41) is 9.36. The standard InChI is InChI=1S/C16H14BrNO2/c1-8(2)14-13(16(19)20)7-10-5-9-6-11(17)3-4-12(9)15(10)18-14/h3-4,6-8H,5H2,1-2H3,(H,19,20). The second-order valence-electron chi connectivity index (χ2n) is 5.37. The third-order valence-electron chi connectivity index (χ3n) is 3.61. The highest BCUT2D eigenvalue weighted by atomic mass is 79.9. The largest absolute Gasteiger partial charge is 0.478 e. The van der Waals surface area contributed by atoms with Crippen LogP contribution in [-0.2, 0) is 6.42 Å². The molecule has 3 rings (SSSR count). The SMILES string of the molecule is CC(C)c1nc2c(cc1C(=O)O)Cc1cc(Br)ccc1-2. The Labute approximate surface area is 125 Å². The van der Waals surface area contributed by atoms with Crippen molar-refractivity contribution >= 4 is 21.9 Å². The van der Waals surface area contributed by atoms with Gasteiger partial charge in [0.05, 0.1) is 17.0 Å². The van der Waals surface area contributed by atoms with E-state index in [-0.39, 0.29) is 5.92 Å². The number of hydrogen-bond acceptors (Lipinski definition) is 2. The number of carboxylic acids is 1. The monoisotopic (exact) mass is 331 g/mol. The molecule has 0 atom stereocenters. The minimum absolute atomic E-state index is 0.0888. The number of fused-ring (bicyclic) bond motifs is 3. The fourth-order valence-electron chi connectivity index (χ4n) is 2.69. The minimum atomic E-state index is -0.902. The zero-order chi connectivity index (χ0) is 14.4. The van der Waals surface area contributed by atoms with Crippen LogP contribution in [0.5, 0.6) is 0 Å². The van der Waals surface area contributed by atoms with Gasteiger partial charge in [0, 0.05) is 16.5 Å². The van der Waals surface area contributed by atoms with Crippen molar-refractivity contribution in [2.75, 3.05) is 0 Å². The van der Waals surface area contributed by atoms with E-state index >= 15 is 0 Å². The van der Waals surface area contributed by atoms with Gasteiger partial charge in [-0.1, -0.05) is 35.8 Å². The van der Waals surface area contributed by atoms with E-state index < -0.39 is 5.97 Å². The maximum Gasteiger partial charge on any atom is 0.337 e. The van der Waals surface area contributed by atoms with Crippen molar-refractivity contribution < 1.29 is 9.90 Å². The van der Waals surface area contributed by atoms with Gasteiger partial charge in [-0.3, -0.25) is 4.98 Å². The average Bonchev–Trinajstić information content (AvgIpc) is 2.73. The van der Waals surface area contributed by atoms with Crippen LogP contribution < -0.4 is 0 Å². The fourth-order valence-corrected chi connectivity index (χ4v) is 3.10. The van der Waals surface area contributed by atoms with E-state index in [9.17, 15) is 9.90 Å². The second kappa shape index (κ2) is 4.70. The van der Waals surface area contributed by atoms with Crippen molar-refractivity contribution in [1.29, 1.82) is 0 Å². The van der Waals surface area contributed by atoms with Gasteiger partial charge in [0.15, 0.2) is 0 Å². The van der Waals surface area contributed by atoms with Crippen molar-refractivity contribution in [2.24, 2.45) is 0 Å². The number of nitrogens with zero attached hydrogens (tertiary/aromatic N) is 1. The third kappa shape index (κ3) is 2.04. The quantitative estimate of drug-likeness (QED) is 0.764. The topological polar surface area (TPSA) is 50.2 Å². The molecule has 102 valence electrons. The zero-order valence-electron chi connectivity index (χ0n) is 11.3. The molecule has 1 heterocycles. The maximum atomic E-state index is 11.4. The summed E-state index contributed by atoms with van der Waals surface area (Å²) in [6.45, 7) is 3.94. The molecule has 0 amide bonds. The van der Waals surface area contributed by atoms with Crippen molar-refractivity contribution in [2.45, 2.75) is 26.2 Å². The van der Waals surface area contributed by atoms with Gasteiger partial charge >= 0.3 is 5.97 Å². The van der Waals surface area contributed by atoms with Crippen LogP contribution >= 0.6 is 15.9 Å². The number of carbonyl (C=O) groups is 1. The summed E-state index contributed by atoms with van der Waals surface area (Å²) < 4.78 is 1.03. The van der Waals surface area contributed by atoms with Gasteiger partial charge in [-0.05, 0) is 35.2 Å². The molecule has 0 aliphatic heterocycles. The second-order valence-corrected chi connectivity index (χ2v) is 6.28. The lowest BCUT2D eigenvalue weighted by molar-refractivity contribution is 0.0694. The van der Waals surface area contributed by atoms with Crippen molar-refractivity contribution in [3.63, 3.8) is 0 Å². The fraction of sp³-hybridized carbons (Fsp3) is 0.250. The molecule has 2 aromatic rings. The number of rotatable bonds is 2. The molecule has 1 aliphatic carbocycles. The highest BCUT2D eigenvalue weighted by molar-refractivity contribution is 9.10. The Bertz CT molecular complexity index is 723. The molecule has 1 N–H and O–H groups in total. The van der Waals surface area contributed by atoms with E-state index in [1.807, 2.05) is 26.0 Å². The van der Waals surface area contributed by atoms with Crippen molar-refractivity contribution in [1.82, 2.24) is 4.98 Å². The molecular weight excluding hydrogens is 318 g/mol. The molecule has 3 nitrogen and oxygen atoms in total. The summed E-state index contributed by atoms with van der Waals surface area (Å²) in [5.41, 5.74) is 5.22. The summed E-state index contributed by atoms with van der Waals surface area (Å²) in [6.07, 6.45) is 0.746. The summed E-state index contributed by atoms with van der Waals surface area (Å²) in [5.74, 6) is -0.813. The van der Waals surface area contributed by atoms with Crippen LogP contribution in [0, 0.1) is 0 Å². The lowest BCUT2D eigenvalue weighted by atomic mass is 10.0. The van der Waals surface area contributed by atoms with Crippen LogP contribution in [0.25, 0.3) is 11.3 Å². The molecule has 4 heteroatoms. The van der Waals surface area contributed by atoms with E-state index in [1.54, 1.807) is 6.07 Å². The predicted octanol–water partition coefficient (Wildman–Crippen LogP) is 4.24. The molecular formula is C16H14BrNO2. The van der Waals surface area contributed by atoms with Gasteiger partial charge in [-0.2, -0.15) is 0 Å². The summed E-state index contributed by atoms with van der Waals surface area (Å²) in [7, 11) is 0. The zero-order valence-corrected chi connectivity index (χ0v) is 12.9. The van der Waals surface area contributed by atoms with E-state index in [1.165, 1.54) is 5.56 Å². The van der Waals surface area contributed by atoms with E-state index in [2.05, 4.69) is 27.0 Å². The number of halogens is 1. The van der Waals surface area contributed by atoms with E-state index in [0.29, 0.717) is 11.3 Å². The van der Waals surface area contributed by atoms with Crippen LogP contribution in [0.2, 0.25) is 0 Å². The van der Waals surface area contributed by atoms with Gasteiger partial charge in [0.25, 0.3) is 0 Å². The van der Waals surface area contributed by atoms with Crippen LogP contribution in [-0.4, -0.2) is 16.1 Å². The smallest absolute Gasteiger partial charge is 0.337 e. The number of carboxylic acid groups (broad SMARTS) is 1. The van der Waals surface area contributed by atoms with Gasteiger partial charge in [0.2, 0.25) is 0 Å². The number of aromatic nitrogens is 1. The average molecular weight is 332 g/mol. The van der Waals surface area contributed by atoms with Crippen molar-refractivity contribution in [3.05, 3.63) is 51.1 Å². The maximum absolute atomic E-state index is 11.4. The Morgan fingerprint density at radius 2 is 2.05 bits per heavy atom. The van der Waals surface area contributed by atoms with Crippen LogP contribution in [0.15, 0.2) is 28.7 Å². The number of pyridine rings is 1. The Kier molecular flexibility index (Phi) is 3.13. The third-order valence-corrected chi connectivity index (χ3v) is 4.10. The molecule has 1 aromatic carbocycles. The highest BCUT2D eigenvalue weighted by Gasteiger charge is 2.25.